The second-order valence-electron chi connectivity index (χ2n) is 7.38. The van der Waals surface area contributed by atoms with Crippen molar-refractivity contribution in [2.45, 2.75) is 62.6 Å². The Kier molecular flexibility index (Phi) is 6.92. The van der Waals surface area contributed by atoms with E-state index in [1.54, 1.807) is 29.6 Å². The molecular formula is C18H27N3O3S2. The topological polar surface area (TPSA) is 84.2 Å². The van der Waals surface area contributed by atoms with Gasteiger partial charge in [-0.3, -0.25) is 9.59 Å². The van der Waals surface area contributed by atoms with Gasteiger partial charge in [0, 0.05) is 36.1 Å². The zero-order valence-corrected chi connectivity index (χ0v) is 17.0. The van der Waals surface area contributed by atoms with Crippen LogP contribution in [0, 0.1) is 5.92 Å². The molecule has 1 saturated carbocycles. The molecule has 1 aromatic rings. The van der Waals surface area contributed by atoms with Crippen LogP contribution in [0.1, 0.15) is 55.8 Å². The minimum atomic E-state index is -0.171. The van der Waals surface area contributed by atoms with Crippen LogP contribution in [-0.4, -0.2) is 45.1 Å². The molecule has 0 spiro atoms. The third-order valence-electron chi connectivity index (χ3n) is 4.65. The molecule has 3 rings (SSSR count). The van der Waals surface area contributed by atoms with Crippen molar-refractivity contribution in [2.75, 3.05) is 11.5 Å². The second kappa shape index (κ2) is 9.17. The van der Waals surface area contributed by atoms with E-state index in [0.29, 0.717) is 11.6 Å². The largest absolute Gasteiger partial charge is 0.361 e. The molecule has 0 atom stereocenters. The Bertz CT molecular complexity index is 621. The molecular weight excluding hydrogens is 370 g/mol. The minimum Gasteiger partial charge on any atom is -0.361 e. The summed E-state index contributed by atoms with van der Waals surface area (Å²) in [5.41, 5.74) is 0.353. The number of hydrogen-bond acceptors (Lipinski definition) is 6. The Labute approximate surface area is 163 Å². The first kappa shape index (κ1) is 19.6. The standard InChI is InChI=1S/C18H27N3O3S2/c1-11(2)9-14-10-15(21-24-14)16(22)19-12-3-5-13(6-4-12)20-17(23)18-25-7-8-26-18/h10-13,18H,3-9H2,1-2H3,(H,19,22)(H,20,23). The molecule has 1 aliphatic heterocycles. The van der Waals surface area contributed by atoms with Gasteiger partial charge in [0.15, 0.2) is 5.69 Å². The number of nitrogens with zero attached hydrogens (tertiary/aromatic N) is 1. The van der Waals surface area contributed by atoms with E-state index in [-0.39, 0.29) is 28.5 Å². The number of rotatable bonds is 6. The highest BCUT2D eigenvalue weighted by atomic mass is 32.2. The van der Waals surface area contributed by atoms with E-state index >= 15 is 0 Å². The van der Waals surface area contributed by atoms with Crippen LogP contribution < -0.4 is 10.6 Å². The van der Waals surface area contributed by atoms with Gasteiger partial charge in [-0.05, 0) is 31.6 Å². The van der Waals surface area contributed by atoms with Gasteiger partial charge in [-0.15, -0.1) is 23.5 Å². The van der Waals surface area contributed by atoms with E-state index in [1.807, 2.05) is 0 Å². The molecule has 2 amide bonds. The van der Waals surface area contributed by atoms with E-state index in [4.69, 9.17) is 4.52 Å². The van der Waals surface area contributed by atoms with Crippen LogP contribution in [0.3, 0.4) is 0 Å². The summed E-state index contributed by atoms with van der Waals surface area (Å²) < 4.78 is 5.29. The molecule has 6 nitrogen and oxygen atoms in total. The highest BCUT2D eigenvalue weighted by Crippen LogP contribution is 2.32. The molecule has 2 N–H and O–H groups in total. The van der Waals surface area contributed by atoms with Gasteiger partial charge < -0.3 is 15.2 Å². The van der Waals surface area contributed by atoms with Gasteiger partial charge in [0.1, 0.15) is 10.3 Å². The zero-order chi connectivity index (χ0) is 18.5. The molecule has 8 heteroatoms. The highest BCUT2D eigenvalue weighted by molar-refractivity contribution is 8.21. The van der Waals surface area contributed by atoms with Crippen LogP contribution in [0.4, 0.5) is 0 Å². The second-order valence-corrected chi connectivity index (χ2v) is 10.1. The normalized spacial score (nSPS) is 24.0. The van der Waals surface area contributed by atoms with E-state index in [1.165, 1.54) is 0 Å². The van der Waals surface area contributed by atoms with Gasteiger partial charge in [0.25, 0.3) is 5.91 Å². The quantitative estimate of drug-likeness (QED) is 0.768. The first-order valence-electron chi connectivity index (χ1n) is 9.31. The fraction of sp³-hybridized carbons (Fsp3) is 0.722. The summed E-state index contributed by atoms with van der Waals surface area (Å²) in [5, 5.41) is 10.1. The Morgan fingerprint density at radius 2 is 1.77 bits per heavy atom. The fourth-order valence-corrected chi connectivity index (χ4v) is 5.94. The van der Waals surface area contributed by atoms with Crippen molar-refractivity contribution < 1.29 is 14.1 Å². The van der Waals surface area contributed by atoms with Crippen molar-refractivity contribution in [1.82, 2.24) is 15.8 Å². The zero-order valence-electron chi connectivity index (χ0n) is 15.3. The molecule has 2 aliphatic rings. The van der Waals surface area contributed by atoms with Crippen molar-refractivity contribution in [2.24, 2.45) is 5.92 Å². The van der Waals surface area contributed by atoms with E-state index in [0.717, 1.165) is 49.4 Å². The Morgan fingerprint density at radius 3 is 2.38 bits per heavy atom. The van der Waals surface area contributed by atoms with Crippen molar-refractivity contribution in [3.05, 3.63) is 17.5 Å². The monoisotopic (exact) mass is 397 g/mol. The van der Waals surface area contributed by atoms with Crippen LogP contribution in [-0.2, 0) is 11.2 Å². The van der Waals surface area contributed by atoms with Gasteiger partial charge in [0.05, 0.1) is 0 Å². The molecule has 2 fully saturated rings. The molecule has 26 heavy (non-hydrogen) atoms. The lowest BCUT2D eigenvalue weighted by Crippen LogP contribution is -2.45. The summed E-state index contributed by atoms with van der Waals surface area (Å²) >= 11 is 3.46. The predicted molar refractivity (Wildman–Crippen MR) is 105 cm³/mol. The smallest absolute Gasteiger partial charge is 0.273 e. The number of hydrogen-bond donors (Lipinski definition) is 2. The fourth-order valence-electron chi connectivity index (χ4n) is 3.34. The van der Waals surface area contributed by atoms with Gasteiger partial charge in [0.2, 0.25) is 5.91 Å². The molecule has 0 bridgehead atoms. The first-order valence-corrected chi connectivity index (χ1v) is 11.4. The summed E-state index contributed by atoms with van der Waals surface area (Å²) in [6.07, 6.45) is 4.33. The number of nitrogens with one attached hydrogen (secondary N) is 2. The van der Waals surface area contributed by atoms with Gasteiger partial charge >= 0.3 is 0 Å². The van der Waals surface area contributed by atoms with E-state index in [9.17, 15) is 9.59 Å². The summed E-state index contributed by atoms with van der Waals surface area (Å²) in [6.45, 7) is 4.20. The van der Waals surface area contributed by atoms with Crippen LogP contribution in [0.2, 0.25) is 0 Å². The SMILES string of the molecule is CC(C)Cc1cc(C(=O)NC2CCC(NC(=O)C3SCCS3)CC2)no1. The maximum absolute atomic E-state index is 12.3. The van der Waals surface area contributed by atoms with Gasteiger partial charge in [-0.2, -0.15) is 0 Å². The summed E-state index contributed by atoms with van der Waals surface area (Å²) in [5.74, 6) is 3.31. The maximum atomic E-state index is 12.3. The number of thioether (sulfide) groups is 2. The minimum absolute atomic E-state index is 0.0552. The molecule has 2 heterocycles. The predicted octanol–water partition coefficient (Wildman–Crippen LogP) is 2.84. The lowest BCUT2D eigenvalue weighted by molar-refractivity contribution is -0.120. The molecule has 1 aromatic heterocycles. The third kappa shape index (κ3) is 5.42. The summed E-state index contributed by atoms with van der Waals surface area (Å²) in [6, 6.07) is 2.09. The first-order chi connectivity index (χ1) is 12.5. The molecule has 1 aliphatic carbocycles. The van der Waals surface area contributed by atoms with Crippen molar-refractivity contribution in [3.63, 3.8) is 0 Å². The maximum Gasteiger partial charge on any atom is 0.273 e. The van der Waals surface area contributed by atoms with E-state index in [2.05, 4.69) is 29.6 Å². The van der Waals surface area contributed by atoms with Gasteiger partial charge in [-0.25, -0.2) is 0 Å². The van der Waals surface area contributed by atoms with Crippen LogP contribution >= 0.6 is 23.5 Å². The number of aromatic nitrogens is 1. The number of amides is 2. The summed E-state index contributed by atoms with van der Waals surface area (Å²) in [4.78, 5) is 24.5. The molecule has 144 valence electrons. The summed E-state index contributed by atoms with van der Waals surface area (Å²) in [7, 11) is 0. The van der Waals surface area contributed by atoms with Crippen molar-refractivity contribution in [1.29, 1.82) is 0 Å². The highest BCUT2D eigenvalue weighted by Gasteiger charge is 2.29. The number of carbonyl (C=O) groups is 2. The average molecular weight is 398 g/mol. The van der Waals surface area contributed by atoms with Crippen LogP contribution in [0.25, 0.3) is 0 Å². The van der Waals surface area contributed by atoms with Crippen LogP contribution in [0.15, 0.2) is 10.6 Å². The van der Waals surface area contributed by atoms with Crippen LogP contribution in [0.5, 0.6) is 0 Å². The Balaban J connectivity index is 1.41. The van der Waals surface area contributed by atoms with Gasteiger partial charge in [-0.1, -0.05) is 19.0 Å². The van der Waals surface area contributed by atoms with Crippen molar-refractivity contribution in [3.8, 4) is 0 Å². The Morgan fingerprint density at radius 1 is 1.15 bits per heavy atom. The number of carbonyl (C=O) groups excluding carboxylic acids is 2. The van der Waals surface area contributed by atoms with Crippen molar-refractivity contribution >= 4 is 35.3 Å². The Hall–Kier alpha value is -1.15. The molecule has 0 aromatic carbocycles. The van der Waals surface area contributed by atoms with E-state index < -0.39 is 0 Å². The lowest BCUT2D eigenvalue weighted by atomic mass is 9.91. The molecule has 0 radical (unpaired) electrons. The lowest BCUT2D eigenvalue weighted by Gasteiger charge is -2.30. The average Bonchev–Trinajstić information content (AvgIpc) is 3.27. The molecule has 0 unspecified atom stereocenters. The molecule has 1 saturated heterocycles. The third-order valence-corrected chi connectivity index (χ3v) is 7.63.